The van der Waals surface area contributed by atoms with Crippen molar-refractivity contribution in [2.75, 3.05) is 29.0 Å². The Labute approximate surface area is 154 Å². The van der Waals surface area contributed by atoms with Crippen LogP contribution in [0.1, 0.15) is 19.3 Å². The second-order valence-corrected chi connectivity index (χ2v) is 9.92. The first-order valence-electron chi connectivity index (χ1n) is 8.30. The summed E-state index contributed by atoms with van der Waals surface area (Å²) >= 11 is 0. The summed E-state index contributed by atoms with van der Waals surface area (Å²) in [5.41, 5.74) is 1.35. The summed E-state index contributed by atoms with van der Waals surface area (Å²) in [6, 6.07) is 9.71. The molecule has 0 unspecified atom stereocenters. The van der Waals surface area contributed by atoms with Crippen LogP contribution in [0.5, 0.6) is 0 Å². The third-order valence-corrected chi connectivity index (χ3v) is 6.60. The van der Waals surface area contributed by atoms with Gasteiger partial charge in [-0.3, -0.25) is 4.72 Å². The number of benzene rings is 1. The van der Waals surface area contributed by atoms with E-state index in [4.69, 9.17) is 0 Å². The maximum atomic E-state index is 12.7. The zero-order valence-corrected chi connectivity index (χ0v) is 16.1. The Morgan fingerprint density at radius 1 is 0.962 bits per heavy atom. The van der Waals surface area contributed by atoms with E-state index >= 15 is 0 Å². The summed E-state index contributed by atoms with van der Waals surface area (Å²) in [5.74, 6) is 0. The summed E-state index contributed by atoms with van der Waals surface area (Å²) in [4.78, 5) is 5.84. The first kappa shape index (κ1) is 18.7. The Morgan fingerprint density at radius 3 is 2.27 bits per heavy atom. The van der Waals surface area contributed by atoms with Crippen molar-refractivity contribution in [3.8, 4) is 0 Å². The number of aromatic nitrogens is 1. The minimum Gasteiger partial charge on any atom is -0.370 e. The summed E-state index contributed by atoms with van der Waals surface area (Å²) in [6.07, 6.45) is 5.43. The molecule has 26 heavy (non-hydrogen) atoms. The van der Waals surface area contributed by atoms with Crippen molar-refractivity contribution in [1.82, 2.24) is 4.98 Å². The van der Waals surface area contributed by atoms with Gasteiger partial charge in [0.15, 0.2) is 14.9 Å². The molecule has 1 aromatic carbocycles. The van der Waals surface area contributed by atoms with Gasteiger partial charge < -0.3 is 4.90 Å². The van der Waals surface area contributed by atoms with Crippen LogP contribution in [0.25, 0.3) is 0 Å². The highest BCUT2D eigenvalue weighted by atomic mass is 32.2. The average molecular weight is 396 g/mol. The molecule has 9 heteroatoms. The number of sulfone groups is 1. The van der Waals surface area contributed by atoms with Gasteiger partial charge in [-0.1, -0.05) is 12.1 Å². The van der Waals surface area contributed by atoms with Crippen molar-refractivity contribution in [2.45, 2.75) is 29.2 Å². The normalized spacial score (nSPS) is 15.7. The first-order chi connectivity index (χ1) is 12.3. The Hall–Kier alpha value is -2.13. The van der Waals surface area contributed by atoms with E-state index in [0.29, 0.717) is 5.69 Å². The molecule has 2 aromatic rings. The molecular weight excluding hydrogens is 374 g/mol. The molecule has 1 aromatic heterocycles. The second kappa shape index (κ2) is 7.24. The molecule has 0 amide bonds. The standard InChI is InChI=1S/C17H21N3O4S2/c1-25(21,22)17-10-9-14(13-18-17)26(23,24)19-15-7-3-4-8-16(15)20-11-5-2-6-12-20/h3-4,7-10,13,19H,2,5-6,11-12H2,1H3. The van der Waals surface area contributed by atoms with Crippen molar-refractivity contribution < 1.29 is 16.8 Å². The summed E-state index contributed by atoms with van der Waals surface area (Å²) < 4.78 is 50.9. The number of sulfonamides is 1. The van der Waals surface area contributed by atoms with Crippen molar-refractivity contribution >= 4 is 31.2 Å². The van der Waals surface area contributed by atoms with Crippen LogP contribution in [-0.4, -0.2) is 41.2 Å². The SMILES string of the molecule is CS(=O)(=O)c1ccc(S(=O)(=O)Nc2ccccc2N2CCCCC2)cn1. The van der Waals surface area contributed by atoms with Gasteiger partial charge in [0.25, 0.3) is 10.0 Å². The van der Waals surface area contributed by atoms with E-state index in [1.165, 1.54) is 18.6 Å². The molecule has 0 aliphatic carbocycles. The molecule has 140 valence electrons. The Kier molecular flexibility index (Phi) is 5.19. The molecule has 1 N–H and O–H groups in total. The van der Waals surface area contributed by atoms with E-state index in [0.717, 1.165) is 44.1 Å². The fraction of sp³-hybridized carbons (Fsp3) is 0.353. The fourth-order valence-electron chi connectivity index (χ4n) is 2.92. The first-order valence-corrected chi connectivity index (χ1v) is 11.7. The van der Waals surface area contributed by atoms with E-state index in [2.05, 4.69) is 14.6 Å². The fourth-order valence-corrected chi connectivity index (χ4v) is 4.50. The van der Waals surface area contributed by atoms with E-state index in [-0.39, 0.29) is 9.92 Å². The number of hydrogen-bond acceptors (Lipinski definition) is 6. The highest BCUT2D eigenvalue weighted by molar-refractivity contribution is 7.92. The van der Waals surface area contributed by atoms with Crippen LogP contribution in [0.2, 0.25) is 0 Å². The highest BCUT2D eigenvalue weighted by Gasteiger charge is 2.20. The number of rotatable bonds is 5. The number of pyridine rings is 1. The molecular formula is C17H21N3O4S2. The molecule has 2 heterocycles. The molecule has 0 atom stereocenters. The molecule has 0 spiro atoms. The summed E-state index contributed by atoms with van der Waals surface area (Å²) in [7, 11) is -7.35. The molecule has 1 aliphatic rings. The van der Waals surface area contributed by atoms with Gasteiger partial charge in [0.1, 0.15) is 4.90 Å². The van der Waals surface area contributed by atoms with Crippen LogP contribution < -0.4 is 9.62 Å². The predicted molar refractivity (Wildman–Crippen MR) is 101 cm³/mol. The van der Waals surface area contributed by atoms with Crippen molar-refractivity contribution in [3.05, 3.63) is 42.6 Å². The lowest BCUT2D eigenvalue weighted by atomic mass is 10.1. The Balaban J connectivity index is 1.88. The van der Waals surface area contributed by atoms with E-state index < -0.39 is 19.9 Å². The number of piperidine rings is 1. The summed E-state index contributed by atoms with van der Waals surface area (Å²) in [5, 5.41) is -0.162. The lowest BCUT2D eigenvalue weighted by molar-refractivity contribution is 0.578. The van der Waals surface area contributed by atoms with Crippen molar-refractivity contribution in [3.63, 3.8) is 0 Å². The minimum absolute atomic E-state index is 0.0849. The topological polar surface area (TPSA) is 96.4 Å². The summed E-state index contributed by atoms with van der Waals surface area (Å²) in [6.45, 7) is 1.78. The van der Waals surface area contributed by atoms with Crippen LogP contribution in [-0.2, 0) is 19.9 Å². The van der Waals surface area contributed by atoms with E-state index in [1.807, 2.05) is 12.1 Å². The molecule has 1 saturated heterocycles. The molecule has 1 aliphatic heterocycles. The lowest BCUT2D eigenvalue weighted by Crippen LogP contribution is -2.30. The van der Waals surface area contributed by atoms with Gasteiger partial charge >= 0.3 is 0 Å². The van der Waals surface area contributed by atoms with Crippen molar-refractivity contribution in [1.29, 1.82) is 0 Å². The number of hydrogen-bond donors (Lipinski definition) is 1. The van der Waals surface area contributed by atoms with E-state index in [9.17, 15) is 16.8 Å². The van der Waals surface area contributed by atoms with Gasteiger partial charge in [-0.05, 0) is 43.5 Å². The number of nitrogens with one attached hydrogen (secondary N) is 1. The quantitative estimate of drug-likeness (QED) is 0.834. The number of nitrogens with zero attached hydrogens (tertiary/aromatic N) is 2. The van der Waals surface area contributed by atoms with E-state index in [1.54, 1.807) is 12.1 Å². The number of para-hydroxylation sites is 2. The lowest BCUT2D eigenvalue weighted by Gasteiger charge is -2.30. The highest BCUT2D eigenvalue weighted by Crippen LogP contribution is 2.30. The van der Waals surface area contributed by atoms with Gasteiger partial charge in [0.05, 0.1) is 11.4 Å². The second-order valence-electron chi connectivity index (χ2n) is 6.27. The zero-order valence-electron chi connectivity index (χ0n) is 14.4. The zero-order chi connectivity index (χ0) is 18.8. The van der Waals surface area contributed by atoms with Crippen LogP contribution >= 0.6 is 0 Å². The van der Waals surface area contributed by atoms with Gasteiger partial charge in [0, 0.05) is 25.5 Å². The van der Waals surface area contributed by atoms with Crippen LogP contribution in [0.3, 0.4) is 0 Å². The van der Waals surface area contributed by atoms with Gasteiger partial charge in [-0.15, -0.1) is 0 Å². The van der Waals surface area contributed by atoms with Crippen LogP contribution in [0, 0.1) is 0 Å². The van der Waals surface area contributed by atoms with Gasteiger partial charge in [-0.2, -0.15) is 0 Å². The Bertz CT molecular complexity index is 981. The van der Waals surface area contributed by atoms with Gasteiger partial charge in [0.2, 0.25) is 0 Å². The third-order valence-electron chi connectivity index (χ3n) is 4.24. The molecule has 7 nitrogen and oxygen atoms in total. The smallest absolute Gasteiger partial charge is 0.263 e. The van der Waals surface area contributed by atoms with Crippen molar-refractivity contribution in [2.24, 2.45) is 0 Å². The Morgan fingerprint density at radius 2 is 1.65 bits per heavy atom. The van der Waals surface area contributed by atoms with Crippen LogP contribution in [0.4, 0.5) is 11.4 Å². The monoisotopic (exact) mass is 395 g/mol. The average Bonchev–Trinajstić information content (AvgIpc) is 2.62. The predicted octanol–water partition coefficient (Wildman–Crippen LogP) is 2.28. The molecule has 0 bridgehead atoms. The maximum Gasteiger partial charge on any atom is 0.263 e. The third kappa shape index (κ3) is 4.16. The minimum atomic E-state index is -3.87. The maximum absolute atomic E-state index is 12.7. The molecule has 0 saturated carbocycles. The number of anilines is 2. The van der Waals surface area contributed by atoms with Crippen LogP contribution in [0.15, 0.2) is 52.5 Å². The largest absolute Gasteiger partial charge is 0.370 e. The molecule has 1 fully saturated rings. The molecule has 0 radical (unpaired) electrons. The molecule has 3 rings (SSSR count). The van der Waals surface area contributed by atoms with Gasteiger partial charge in [-0.25, -0.2) is 21.8 Å².